The SMILES string of the molecule is O=C(O)c1nc(Br)c2c(O)cccn12. The van der Waals surface area contributed by atoms with Crippen LogP contribution in [0.15, 0.2) is 22.9 Å². The van der Waals surface area contributed by atoms with Crippen molar-refractivity contribution in [3.63, 3.8) is 0 Å². The van der Waals surface area contributed by atoms with E-state index in [0.29, 0.717) is 10.1 Å². The zero-order chi connectivity index (χ0) is 10.3. The van der Waals surface area contributed by atoms with E-state index in [0.717, 1.165) is 0 Å². The molecule has 0 bridgehead atoms. The molecule has 0 amide bonds. The number of carboxylic acids is 1. The fourth-order valence-electron chi connectivity index (χ4n) is 1.23. The second-order valence-corrected chi connectivity index (χ2v) is 3.39. The summed E-state index contributed by atoms with van der Waals surface area (Å²) in [4.78, 5) is 14.5. The van der Waals surface area contributed by atoms with Gasteiger partial charge in [0.15, 0.2) is 0 Å². The predicted octanol–water partition coefficient (Wildman–Crippen LogP) is 1.50. The van der Waals surface area contributed by atoms with Gasteiger partial charge in [-0.2, -0.15) is 0 Å². The number of halogens is 1. The van der Waals surface area contributed by atoms with Gasteiger partial charge in [-0.25, -0.2) is 9.78 Å². The van der Waals surface area contributed by atoms with Gasteiger partial charge in [0, 0.05) is 6.20 Å². The third kappa shape index (κ3) is 1.15. The summed E-state index contributed by atoms with van der Waals surface area (Å²) in [5.74, 6) is -1.29. The fraction of sp³-hybridized carbons (Fsp3) is 0. The zero-order valence-electron chi connectivity index (χ0n) is 6.81. The lowest BCUT2D eigenvalue weighted by Gasteiger charge is -1.97. The first-order valence-electron chi connectivity index (χ1n) is 3.70. The van der Waals surface area contributed by atoms with Gasteiger partial charge in [0.1, 0.15) is 15.9 Å². The van der Waals surface area contributed by atoms with E-state index in [1.54, 1.807) is 6.07 Å². The van der Waals surface area contributed by atoms with Crippen molar-refractivity contribution in [1.29, 1.82) is 0 Å². The van der Waals surface area contributed by atoms with Crippen LogP contribution in [0.5, 0.6) is 5.75 Å². The fourth-order valence-corrected chi connectivity index (χ4v) is 1.79. The number of aromatic hydroxyl groups is 1. The van der Waals surface area contributed by atoms with Gasteiger partial charge in [-0.3, -0.25) is 4.40 Å². The smallest absolute Gasteiger partial charge is 0.372 e. The van der Waals surface area contributed by atoms with Crippen LogP contribution in [-0.4, -0.2) is 25.6 Å². The third-order valence-corrected chi connectivity index (χ3v) is 2.34. The molecule has 5 nitrogen and oxygen atoms in total. The highest BCUT2D eigenvalue weighted by Crippen LogP contribution is 2.26. The van der Waals surface area contributed by atoms with Crippen LogP contribution in [0, 0.1) is 0 Å². The molecule has 2 aromatic heterocycles. The molecule has 2 aromatic rings. The summed E-state index contributed by atoms with van der Waals surface area (Å²) in [6.45, 7) is 0. The van der Waals surface area contributed by atoms with Gasteiger partial charge in [-0.1, -0.05) is 0 Å². The molecule has 0 saturated carbocycles. The van der Waals surface area contributed by atoms with Crippen LogP contribution in [0.1, 0.15) is 10.6 Å². The maximum atomic E-state index is 10.8. The van der Waals surface area contributed by atoms with Crippen LogP contribution in [0.4, 0.5) is 0 Å². The van der Waals surface area contributed by atoms with Crippen LogP contribution >= 0.6 is 15.9 Å². The molecule has 0 aliphatic rings. The van der Waals surface area contributed by atoms with Crippen LogP contribution in [-0.2, 0) is 0 Å². The summed E-state index contributed by atoms with van der Waals surface area (Å²) >= 11 is 3.08. The molecule has 0 fully saturated rings. The number of hydrogen-bond donors (Lipinski definition) is 2. The Morgan fingerprint density at radius 3 is 2.93 bits per heavy atom. The van der Waals surface area contributed by atoms with E-state index in [1.807, 2.05) is 0 Å². The van der Waals surface area contributed by atoms with Crippen molar-refractivity contribution in [1.82, 2.24) is 9.38 Å². The summed E-state index contributed by atoms with van der Waals surface area (Å²) in [6.07, 6.45) is 1.52. The normalized spacial score (nSPS) is 10.6. The number of hydrogen-bond acceptors (Lipinski definition) is 3. The number of aromatic carboxylic acids is 1. The summed E-state index contributed by atoms with van der Waals surface area (Å²) < 4.78 is 1.62. The van der Waals surface area contributed by atoms with E-state index in [2.05, 4.69) is 20.9 Å². The van der Waals surface area contributed by atoms with Crippen molar-refractivity contribution in [3.05, 3.63) is 28.8 Å². The molecule has 0 atom stereocenters. The van der Waals surface area contributed by atoms with Gasteiger partial charge in [0.2, 0.25) is 5.82 Å². The van der Waals surface area contributed by atoms with Crippen molar-refractivity contribution >= 4 is 27.4 Å². The van der Waals surface area contributed by atoms with E-state index in [-0.39, 0.29) is 11.6 Å². The molecule has 2 heterocycles. The molecule has 6 heteroatoms. The van der Waals surface area contributed by atoms with E-state index < -0.39 is 5.97 Å². The standard InChI is InChI=1S/C8H5BrN2O3/c9-6-5-4(12)2-1-3-11(5)7(10-6)8(13)14/h1-3,12H,(H,13,14). The Balaban J connectivity index is 2.91. The molecule has 72 valence electrons. The molecular formula is C8H5BrN2O3. The molecule has 0 unspecified atom stereocenters. The molecule has 2 N–H and O–H groups in total. The van der Waals surface area contributed by atoms with Crippen LogP contribution < -0.4 is 0 Å². The van der Waals surface area contributed by atoms with Crippen LogP contribution in [0.3, 0.4) is 0 Å². The average Bonchev–Trinajstić information content (AvgIpc) is 2.45. The molecule has 2 rings (SSSR count). The Hall–Kier alpha value is -1.56. The highest BCUT2D eigenvalue weighted by Gasteiger charge is 2.16. The Morgan fingerprint density at radius 2 is 2.29 bits per heavy atom. The predicted molar refractivity (Wildman–Crippen MR) is 51.5 cm³/mol. The molecule has 0 spiro atoms. The minimum atomic E-state index is -1.14. The maximum absolute atomic E-state index is 10.8. The number of pyridine rings is 1. The molecule has 0 aliphatic carbocycles. The van der Waals surface area contributed by atoms with Crippen molar-refractivity contribution in [2.24, 2.45) is 0 Å². The number of fused-ring (bicyclic) bond motifs is 1. The van der Waals surface area contributed by atoms with Gasteiger partial charge in [0.25, 0.3) is 0 Å². The number of nitrogens with zero attached hydrogens (tertiary/aromatic N) is 2. The van der Waals surface area contributed by atoms with Gasteiger partial charge in [-0.05, 0) is 28.1 Å². The first-order chi connectivity index (χ1) is 6.61. The molecule has 0 saturated heterocycles. The third-order valence-electron chi connectivity index (χ3n) is 1.79. The second kappa shape index (κ2) is 2.98. The van der Waals surface area contributed by atoms with E-state index in [9.17, 15) is 9.90 Å². The first kappa shape index (κ1) is 9.01. The zero-order valence-corrected chi connectivity index (χ0v) is 8.39. The lowest BCUT2D eigenvalue weighted by atomic mass is 10.4. The van der Waals surface area contributed by atoms with E-state index in [4.69, 9.17) is 5.11 Å². The lowest BCUT2D eigenvalue weighted by molar-refractivity contribution is 0.0682. The number of imidazole rings is 1. The van der Waals surface area contributed by atoms with Crippen LogP contribution in [0.25, 0.3) is 5.52 Å². The van der Waals surface area contributed by atoms with E-state index >= 15 is 0 Å². The Labute approximate surface area is 86.8 Å². The molecule has 0 aromatic carbocycles. The lowest BCUT2D eigenvalue weighted by Crippen LogP contribution is -2.02. The summed E-state index contributed by atoms with van der Waals surface area (Å²) in [5.41, 5.74) is 0.352. The van der Waals surface area contributed by atoms with E-state index in [1.165, 1.54) is 16.7 Å². The topological polar surface area (TPSA) is 74.8 Å². The minimum absolute atomic E-state index is 0.0145. The Morgan fingerprint density at radius 1 is 1.57 bits per heavy atom. The molecular weight excluding hydrogens is 252 g/mol. The molecule has 14 heavy (non-hydrogen) atoms. The minimum Gasteiger partial charge on any atom is -0.506 e. The van der Waals surface area contributed by atoms with Crippen molar-refractivity contribution in [2.45, 2.75) is 0 Å². The number of rotatable bonds is 1. The first-order valence-corrected chi connectivity index (χ1v) is 4.49. The summed E-state index contributed by atoms with van der Waals surface area (Å²) in [5, 5.41) is 18.3. The van der Waals surface area contributed by atoms with Gasteiger partial charge < -0.3 is 10.2 Å². The van der Waals surface area contributed by atoms with Crippen LogP contribution in [0.2, 0.25) is 0 Å². The van der Waals surface area contributed by atoms with Crippen molar-refractivity contribution in [3.8, 4) is 5.75 Å². The number of carbonyl (C=O) groups is 1. The quantitative estimate of drug-likeness (QED) is 0.811. The summed E-state index contributed by atoms with van der Waals surface area (Å²) in [6, 6.07) is 3.01. The Bertz CT molecular complexity index is 521. The average molecular weight is 257 g/mol. The number of aromatic nitrogens is 2. The van der Waals surface area contributed by atoms with Gasteiger partial charge in [-0.15, -0.1) is 0 Å². The largest absolute Gasteiger partial charge is 0.506 e. The molecule has 0 aliphatic heterocycles. The molecule has 0 radical (unpaired) electrons. The van der Waals surface area contributed by atoms with Crippen molar-refractivity contribution in [2.75, 3.05) is 0 Å². The Kier molecular flexibility index (Phi) is 1.92. The highest BCUT2D eigenvalue weighted by atomic mass is 79.9. The maximum Gasteiger partial charge on any atom is 0.372 e. The second-order valence-electron chi connectivity index (χ2n) is 2.64. The monoisotopic (exact) mass is 256 g/mol. The summed E-state index contributed by atoms with van der Waals surface area (Å²) in [7, 11) is 0. The number of carboxylic acid groups (broad SMARTS) is 1. The van der Waals surface area contributed by atoms with Gasteiger partial charge >= 0.3 is 5.97 Å². The van der Waals surface area contributed by atoms with Gasteiger partial charge in [0.05, 0.1) is 0 Å². The van der Waals surface area contributed by atoms with Crippen molar-refractivity contribution < 1.29 is 15.0 Å². The highest BCUT2D eigenvalue weighted by molar-refractivity contribution is 9.10.